The van der Waals surface area contributed by atoms with Crippen molar-refractivity contribution in [2.24, 2.45) is 5.92 Å². The largest absolute Gasteiger partial charge is 0.352 e. The third-order valence-corrected chi connectivity index (χ3v) is 5.14. The van der Waals surface area contributed by atoms with Crippen LogP contribution in [-0.2, 0) is 14.4 Å². The minimum absolute atomic E-state index is 0.0357. The number of Topliss-reactive ketones (excluding diaryl/α,β-unsaturated/α-hetero) is 1. The Labute approximate surface area is 159 Å². The van der Waals surface area contributed by atoms with Crippen LogP contribution in [0.5, 0.6) is 0 Å². The lowest BCUT2D eigenvalue weighted by atomic mass is 10.0. The molecule has 5 nitrogen and oxygen atoms in total. The van der Waals surface area contributed by atoms with Crippen molar-refractivity contribution in [2.45, 2.75) is 110 Å². The van der Waals surface area contributed by atoms with Gasteiger partial charge in [-0.05, 0) is 38.0 Å². The van der Waals surface area contributed by atoms with E-state index in [-0.39, 0.29) is 17.9 Å². The average molecular weight is 367 g/mol. The number of hydrogen-bond acceptors (Lipinski definition) is 3. The van der Waals surface area contributed by atoms with E-state index in [2.05, 4.69) is 24.5 Å². The van der Waals surface area contributed by atoms with Crippen LogP contribution in [0.2, 0.25) is 0 Å². The second-order valence-electron chi connectivity index (χ2n) is 8.03. The molecule has 1 saturated carbocycles. The number of rotatable bonds is 13. The number of unbranched alkanes of at least 4 members (excludes halogenated alkanes) is 2. The molecule has 5 heteroatoms. The maximum Gasteiger partial charge on any atom is 0.242 e. The first-order valence-electron chi connectivity index (χ1n) is 10.5. The van der Waals surface area contributed by atoms with E-state index in [0.717, 1.165) is 38.5 Å². The van der Waals surface area contributed by atoms with Gasteiger partial charge >= 0.3 is 0 Å². The lowest BCUT2D eigenvalue weighted by Gasteiger charge is -2.21. The maximum atomic E-state index is 12.6. The molecule has 0 spiro atoms. The van der Waals surface area contributed by atoms with Crippen LogP contribution in [0.25, 0.3) is 0 Å². The number of amides is 2. The van der Waals surface area contributed by atoms with Crippen molar-refractivity contribution in [3.63, 3.8) is 0 Å². The van der Waals surface area contributed by atoms with Gasteiger partial charge in [-0.3, -0.25) is 14.4 Å². The van der Waals surface area contributed by atoms with Crippen molar-refractivity contribution in [1.29, 1.82) is 0 Å². The van der Waals surface area contributed by atoms with Gasteiger partial charge in [-0.1, -0.05) is 46.5 Å². The maximum absolute atomic E-state index is 12.6. The molecule has 0 saturated heterocycles. The molecule has 1 atom stereocenters. The molecule has 2 amide bonds. The zero-order chi connectivity index (χ0) is 19.4. The minimum atomic E-state index is -0.447. The Balaban J connectivity index is 2.44. The first-order chi connectivity index (χ1) is 12.4. The SMILES string of the molecule is CCC(=O)CCCCC[C@H](NC(=O)CCC(C)C)C(=O)NC1CCCC1. The Morgan fingerprint density at radius 3 is 2.27 bits per heavy atom. The number of hydrogen-bond donors (Lipinski definition) is 2. The molecule has 2 N–H and O–H groups in total. The molecule has 0 aromatic carbocycles. The fourth-order valence-electron chi connectivity index (χ4n) is 3.35. The van der Waals surface area contributed by atoms with Gasteiger partial charge in [-0.15, -0.1) is 0 Å². The third kappa shape index (κ3) is 9.93. The van der Waals surface area contributed by atoms with Gasteiger partial charge in [0.25, 0.3) is 0 Å². The fraction of sp³-hybridized carbons (Fsp3) is 0.857. The molecular weight excluding hydrogens is 328 g/mol. The second kappa shape index (κ2) is 12.9. The van der Waals surface area contributed by atoms with Gasteiger partial charge in [-0.25, -0.2) is 0 Å². The first kappa shape index (κ1) is 22.7. The van der Waals surface area contributed by atoms with E-state index < -0.39 is 6.04 Å². The molecule has 1 rings (SSSR count). The highest BCUT2D eigenvalue weighted by Gasteiger charge is 2.24. The quantitative estimate of drug-likeness (QED) is 0.486. The minimum Gasteiger partial charge on any atom is -0.352 e. The van der Waals surface area contributed by atoms with Crippen molar-refractivity contribution in [2.75, 3.05) is 0 Å². The lowest BCUT2D eigenvalue weighted by Crippen LogP contribution is -2.49. The first-order valence-corrected chi connectivity index (χ1v) is 10.5. The molecule has 1 fully saturated rings. The van der Waals surface area contributed by atoms with E-state index in [1.807, 2.05) is 6.92 Å². The van der Waals surface area contributed by atoms with E-state index in [1.165, 1.54) is 12.8 Å². The number of nitrogens with one attached hydrogen (secondary N) is 2. The standard InChI is InChI=1S/C21H38N2O3/c1-4-18(24)12-6-5-7-13-19(23-20(25)15-14-16(2)3)21(26)22-17-10-8-9-11-17/h16-17,19H,4-15H2,1-3H3,(H,22,26)(H,23,25)/t19-/m0/s1. The summed E-state index contributed by atoms with van der Waals surface area (Å²) in [7, 11) is 0. The number of carbonyl (C=O) groups excluding carboxylic acids is 3. The second-order valence-corrected chi connectivity index (χ2v) is 8.03. The van der Waals surface area contributed by atoms with Crippen molar-refractivity contribution >= 4 is 17.6 Å². The summed E-state index contributed by atoms with van der Waals surface area (Å²) in [6, 6.07) is -0.183. The summed E-state index contributed by atoms with van der Waals surface area (Å²) in [5.74, 6) is 0.691. The van der Waals surface area contributed by atoms with Crippen LogP contribution in [0, 0.1) is 5.92 Å². The van der Waals surface area contributed by atoms with Gasteiger partial charge in [-0.2, -0.15) is 0 Å². The Hall–Kier alpha value is -1.39. The highest BCUT2D eigenvalue weighted by Crippen LogP contribution is 2.18. The molecule has 0 aromatic heterocycles. The normalized spacial score (nSPS) is 15.8. The van der Waals surface area contributed by atoms with Crippen molar-refractivity contribution in [1.82, 2.24) is 10.6 Å². The van der Waals surface area contributed by atoms with E-state index in [0.29, 0.717) is 37.4 Å². The van der Waals surface area contributed by atoms with Gasteiger partial charge in [0.2, 0.25) is 11.8 Å². The Morgan fingerprint density at radius 1 is 0.962 bits per heavy atom. The molecule has 0 aliphatic heterocycles. The molecule has 1 aliphatic rings. The van der Waals surface area contributed by atoms with Crippen LogP contribution in [0.4, 0.5) is 0 Å². The highest BCUT2D eigenvalue weighted by atomic mass is 16.2. The van der Waals surface area contributed by atoms with Crippen molar-refractivity contribution in [3.8, 4) is 0 Å². The molecule has 0 radical (unpaired) electrons. The summed E-state index contributed by atoms with van der Waals surface area (Å²) in [4.78, 5) is 36.2. The van der Waals surface area contributed by atoms with Gasteiger partial charge in [0, 0.05) is 25.3 Å². The van der Waals surface area contributed by atoms with Crippen molar-refractivity contribution in [3.05, 3.63) is 0 Å². The summed E-state index contributed by atoms with van der Waals surface area (Å²) in [5, 5.41) is 6.05. The zero-order valence-corrected chi connectivity index (χ0v) is 16.9. The topological polar surface area (TPSA) is 75.3 Å². The smallest absolute Gasteiger partial charge is 0.242 e. The Bertz CT molecular complexity index is 443. The zero-order valence-electron chi connectivity index (χ0n) is 16.9. The van der Waals surface area contributed by atoms with Gasteiger partial charge in [0.1, 0.15) is 11.8 Å². The lowest BCUT2D eigenvalue weighted by molar-refractivity contribution is -0.129. The predicted molar refractivity (Wildman–Crippen MR) is 105 cm³/mol. The number of carbonyl (C=O) groups is 3. The van der Waals surface area contributed by atoms with E-state index >= 15 is 0 Å². The predicted octanol–water partition coefficient (Wildman–Crippen LogP) is 3.90. The molecular formula is C21H38N2O3. The molecule has 150 valence electrons. The van der Waals surface area contributed by atoms with E-state index in [9.17, 15) is 14.4 Å². The van der Waals surface area contributed by atoms with E-state index in [1.54, 1.807) is 0 Å². The van der Waals surface area contributed by atoms with Crippen molar-refractivity contribution < 1.29 is 14.4 Å². The van der Waals surface area contributed by atoms with Crippen LogP contribution in [0.1, 0.15) is 97.8 Å². The Kier molecular flexibility index (Phi) is 11.2. The van der Waals surface area contributed by atoms with Gasteiger partial charge in [0.05, 0.1) is 0 Å². The van der Waals surface area contributed by atoms with Crippen LogP contribution >= 0.6 is 0 Å². The van der Waals surface area contributed by atoms with Gasteiger partial charge < -0.3 is 10.6 Å². The molecule has 1 aliphatic carbocycles. The summed E-state index contributed by atoms with van der Waals surface area (Å²) >= 11 is 0. The average Bonchev–Trinajstić information content (AvgIpc) is 3.11. The molecule has 0 aromatic rings. The van der Waals surface area contributed by atoms with Crippen LogP contribution < -0.4 is 10.6 Å². The summed E-state index contributed by atoms with van der Waals surface area (Å²) in [5.41, 5.74) is 0. The van der Waals surface area contributed by atoms with Crippen LogP contribution in [-0.4, -0.2) is 29.7 Å². The third-order valence-electron chi connectivity index (χ3n) is 5.14. The summed E-state index contributed by atoms with van der Waals surface area (Å²) < 4.78 is 0. The van der Waals surface area contributed by atoms with Crippen LogP contribution in [0.3, 0.4) is 0 Å². The van der Waals surface area contributed by atoms with Gasteiger partial charge in [0.15, 0.2) is 0 Å². The van der Waals surface area contributed by atoms with Crippen LogP contribution in [0.15, 0.2) is 0 Å². The van der Waals surface area contributed by atoms with E-state index in [4.69, 9.17) is 0 Å². The molecule has 0 bridgehead atoms. The monoisotopic (exact) mass is 366 g/mol. The molecule has 26 heavy (non-hydrogen) atoms. The summed E-state index contributed by atoms with van der Waals surface area (Å²) in [6.45, 7) is 6.07. The highest BCUT2D eigenvalue weighted by molar-refractivity contribution is 5.87. The molecule has 0 heterocycles. The fourth-order valence-corrected chi connectivity index (χ4v) is 3.35. The number of ketones is 1. The summed E-state index contributed by atoms with van der Waals surface area (Å²) in [6.07, 6.45) is 10.2. The Morgan fingerprint density at radius 2 is 1.65 bits per heavy atom. The molecule has 0 unspecified atom stereocenters.